The van der Waals surface area contributed by atoms with Gasteiger partial charge in [0.05, 0.1) is 5.60 Å². The summed E-state index contributed by atoms with van der Waals surface area (Å²) in [5.74, 6) is 0. The van der Waals surface area contributed by atoms with E-state index >= 15 is 0 Å². The third-order valence-corrected chi connectivity index (χ3v) is 3.68. The second kappa shape index (κ2) is 5.17. The van der Waals surface area contributed by atoms with Crippen LogP contribution in [0.5, 0.6) is 0 Å². The molecule has 0 saturated carbocycles. The lowest BCUT2D eigenvalue weighted by molar-refractivity contribution is 0.0129. The number of nitrogens with two attached hydrogens (primary N) is 1. The van der Waals surface area contributed by atoms with Gasteiger partial charge in [-0.25, -0.2) is 0 Å². The van der Waals surface area contributed by atoms with Crippen LogP contribution in [0.3, 0.4) is 0 Å². The Kier molecular flexibility index (Phi) is 3.82. The molecule has 1 heterocycles. The monoisotopic (exact) mass is 234 g/mol. The number of hydrogen-bond donors (Lipinski definition) is 2. The Labute approximate surface area is 103 Å². The summed E-state index contributed by atoms with van der Waals surface area (Å²) >= 11 is 0. The van der Waals surface area contributed by atoms with Crippen LogP contribution in [0, 0.1) is 0 Å². The molecule has 3 nitrogen and oxygen atoms in total. The average molecular weight is 234 g/mol. The second-order valence-corrected chi connectivity index (χ2v) is 5.14. The Hall–Kier alpha value is -0.900. The van der Waals surface area contributed by atoms with Crippen molar-refractivity contribution >= 4 is 0 Å². The lowest BCUT2D eigenvalue weighted by Gasteiger charge is -2.32. The lowest BCUT2D eigenvalue weighted by atomic mass is 9.95. The standard InChI is InChI=1S/C14H22N2O/c1-14(17,12-6-3-2-4-7-12)11-16-9-5-8-13(16)10-15/h2-4,6-7,13,17H,5,8-11,15H2,1H3. The summed E-state index contributed by atoms with van der Waals surface area (Å²) in [6.07, 6.45) is 2.34. The van der Waals surface area contributed by atoms with Crippen molar-refractivity contribution in [2.24, 2.45) is 5.73 Å². The van der Waals surface area contributed by atoms with E-state index in [0.29, 0.717) is 19.1 Å². The summed E-state index contributed by atoms with van der Waals surface area (Å²) in [6, 6.07) is 10.3. The van der Waals surface area contributed by atoms with Gasteiger partial charge in [-0.15, -0.1) is 0 Å². The van der Waals surface area contributed by atoms with Crippen LogP contribution in [0.4, 0.5) is 0 Å². The van der Waals surface area contributed by atoms with Gasteiger partial charge in [-0.2, -0.15) is 0 Å². The molecule has 2 atom stereocenters. The fraction of sp³-hybridized carbons (Fsp3) is 0.571. The molecule has 0 spiro atoms. The minimum Gasteiger partial charge on any atom is -0.384 e. The minimum absolute atomic E-state index is 0.435. The van der Waals surface area contributed by atoms with E-state index < -0.39 is 5.60 Å². The highest BCUT2D eigenvalue weighted by Crippen LogP contribution is 2.25. The quantitative estimate of drug-likeness (QED) is 0.826. The van der Waals surface area contributed by atoms with E-state index in [4.69, 9.17) is 5.73 Å². The van der Waals surface area contributed by atoms with E-state index in [1.165, 1.54) is 6.42 Å². The van der Waals surface area contributed by atoms with E-state index in [-0.39, 0.29) is 0 Å². The summed E-state index contributed by atoms with van der Waals surface area (Å²) in [7, 11) is 0. The Bertz CT molecular complexity index is 350. The van der Waals surface area contributed by atoms with Crippen molar-refractivity contribution in [3.63, 3.8) is 0 Å². The van der Waals surface area contributed by atoms with Gasteiger partial charge in [-0.3, -0.25) is 4.90 Å². The molecule has 1 aliphatic heterocycles. The number of hydrogen-bond acceptors (Lipinski definition) is 3. The van der Waals surface area contributed by atoms with Gasteiger partial charge < -0.3 is 10.8 Å². The van der Waals surface area contributed by atoms with Crippen molar-refractivity contribution in [1.82, 2.24) is 4.90 Å². The van der Waals surface area contributed by atoms with Crippen molar-refractivity contribution in [3.8, 4) is 0 Å². The molecule has 0 aliphatic carbocycles. The summed E-state index contributed by atoms with van der Waals surface area (Å²) < 4.78 is 0. The molecule has 1 aliphatic rings. The van der Waals surface area contributed by atoms with E-state index in [0.717, 1.165) is 18.5 Å². The van der Waals surface area contributed by atoms with Gasteiger partial charge in [0.25, 0.3) is 0 Å². The van der Waals surface area contributed by atoms with Crippen LogP contribution in [0.1, 0.15) is 25.3 Å². The second-order valence-electron chi connectivity index (χ2n) is 5.14. The zero-order valence-electron chi connectivity index (χ0n) is 10.5. The van der Waals surface area contributed by atoms with Crippen LogP contribution in [0.15, 0.2) is 30.3 Å². The molecule has 1 fully saturated rings. The van der Waals surface area contributed by atoms with Crippen molar-refractivity contribution in [2.45, 2.75) is 31.4 Å². The molecule has 2 unspecified atom stereocenters. The Morgan fingerprint density at radius 2 is 2.12 bits per heavy atom. The number of aliphatic hydroxyl groups is 1. The predicted octanol–water partition coefficient (Wildman–Crippen LogP) is 1.32. The highest BCUT2D eigenvalue weighted by molar-refractivity contribution is 5.22. The summed E-state index contributed by atoms with van der Waals surface area (Å²) in [6.45, 7) is 4.28. The van der Waals surface area contributed by atoms with E-state index in [1.807, 2.05) is 37.3 Å². The van der Waals surface area contributed by atoms with Gasteiger partial charge in [0.15, 0.2) is 0 Å². The van der Waals surface area contributed by atoms with Crippen molar-refractivity contribution in [1.29, 1.82) is 0 Å². The van der Waals surface area contributed by atoms with Crippen molar-refractivity contribution < 1.29 is 5.11 Å². The molecular formula is C14H22N2O. The Morgan fingerprint density at radius 3 is 2.76 bits per heavy atom. The third-order valence-electron chi connectivity index (χ3n) is 3.68. The fourth-order valence-electron chi connectivity index (χ4n) is 2.65. The molecule has 1 aromatic carbocycles. The maximum Gasteiger partial charge on any atom is 0.0994 e. The van der Waals surface area contributed by atoms with Gasteiger partial charge in [0.1, 0.15) is 0 Å². The first kappa shape index (κ1) is 12.6. The topological polar surface area (TPSA) is 49.5 Å². The van der Waals surface area contributed by atoms with Crippen LogP contribution in [-0.4, -0.2) is 35.7 Å². The van der Waals surface area contributed by atoms with Gasteiger partial charge in [-0.1, -0.05) is 30.3 Å². The largest absolute Gasteiger partial charge is 0.384 e. The Morgan fingerprint density at radius 1 is 1.41 bits per heavy atom. The Balaban J connectivity index is 2.07. The molecule has 3 heteroatoms. The molecule has 1 aromatic rings. The summed E-state index contributed by atoms with van der Waals surface area (Å²) in [5, 5.41) is 10.6. The van der Waals surface area contributed by atoms with Crippen LogP contribution < -0.4 is 5.73 Å². The van der Waals surface area contributed by atoms with Crippen molar-refractivity contribution in [2.75, 3.05) is 19.6 Å². The highest BCUT2D eigenvalue weighted by atomic mass is 16.3. The average Bonchev–Trinajstić information content (AvgIpc) is 2.77. The molecule has 94 valence electrons. The first-order valence-electron chi connectivity index (χ1n) is 6.35. The van der Waals surface area contributed by atoms with Gasteiger partial charge >= 0.3 is 0 Å². The zero-order valence-corrected chi connectivity index (χ0v) is 10.5. The molecule has 3 N–H and O–H groups in total. The molecule has 0 amide bonds. The first-order chi connectivity index (χ1) is 8.13. The molecule has 0 bridgehead atoms. The fourth-order valence-corrected chi connectivity index (χ4v) is 2.65. The predicted molar refractivity (Wildman–Crippen MR) is 69.7 cm³/mol. The van der Waals surface area contributed by atoms with Crippen molar-refractivity contribution in [3.05, 3.63) is 35.9 Å². The molecule has 0 radical (unpaired) electrons. The molecule has 1 saturated heterocycles. The highest BCUT2D eigenvalue weighted by Gasteiger charge is 2.31. The SMILES string of the molecule is CC(O)(CN1CCCC1CN)c1ccccc1. The minimum atomic E-state index is -0.793. The molecular weight excluding hydrogens is 212 g/mol. The molecule has 0 aromatic heterocycles. The summed E-state index contributed by atoms with van der Waals surface area (Å²) in [4.78, 5) is 2.31. The molecule has 17 heavy (non-hydrogen) atoms. The van der Waals surface area contributed by atoms with Gasteiger partial charge in [-0.05, 0) is 31.9 Å². The first-order valence-corrected chi connectivity index (χ1v) is 6.35. The maximum absolute atomic E-state index is 10.6. The molecule has 2 rings (SSSR count). The van der Waals surface area contributed by atoms with Crippen LogP contribution in [0.25, 0.3) is 0 Å². The van der Waals surface area contributed by atoms with E-state index in [2.05, 4.69) is 4.90 Å². The van der Waals surface area contributed by atoms with Gasteiger partial charge in [0.2, 0.25) is 0 Å². The number of rotatable bonds is 4. The third kappa shape index (κ3) is 2.86. The zero-order chi connectivity index (χ0) is 12.3. The van der Waals surface area contributed by atoms with E-state index in [9.17, 15) is 5.11 Å². The lowest BCUT2D eigenvalue weighted by Crippen LogP contribution is -2.44. The number of likely N-dealkylation sites (tertiary alicyclic amines) is 1. The van der Waals surface area contributed by atoms with Crippen LogP contribution >= 0.6 is 0 Å². The maximum atomic E-state index is 10.6. The number of β-amino-alcohol motifs (C(OH)–C–C–N with tert-alkyl or cyclic N) is 1. The van der Waals surface area contributed by atoms with Crippen LogP contribution in [-0.2, 0) is 5.60 Å². The number of nitrogens with zero attached hydrogens (tertiary/aromatic N) is 1. The van der Waals surface area contributed by atoms with Gasteiger partial charge in [0, 0.05) is 19.1 Å². The van der Waals surface area contributed by atoms with E-state index in [1.54, 1.807) is 0 Å². The van der Waals surface area contributed by atoms with Crippen LogP contribution in [0.2, 0.25) is 0 Å². The summed E-state index contributed by atoms with van der Waals surface area (Å²) in [5.41, 5.74) is 5.94. The normalized spacial score (nSPS) is 24.8. The number of benzene rings is 1. The smallest absolute Gasteiger partial charge is 0.0994 e.